The number of hydrogen-bond donors (Lipinski definition) is 1. The van der Waals surface area contributed by atoms with Crippen LogP contribution in [0.4, 0.5) is 13.2 Å². The molecule has 1 fully saturated rings. The molecule has 2 N–H and O–H groups in total. The summed E-state index contributed by atoms with van der Waals surface area (Å²) in [6, 6.07) is 2.14. The monoisotopic (exact) mass is 262 g/mol. The van der Waals surface area contributed by atoms with Crippen LogP contribution in [0, 0.1) is 0 Å². The van der Waals surface area contributed by atoms with Crippen molar-refractivity contribution in [3.8, 4) is 0 Å². The molecule has 0 unspecified atom stereocenters. The van der Waals surface area contributed by atoms with E-state index in [4.69, 9.17) is 10.2 Å². The lowest BCUT2D eigenvalue weighted by molar-refractivity contribution is -0.153. The van der Waals surface area contributed by atoms with Crippen LogP contribution < -0.4 is 5.73 Å². The van der Waals surface area contributed by atoms with E-state index in [0.29, 0.717) is 5.76 Å². The average molecular weight is 262 g/mol. The number of rotatable bonds is 2. The van der Waals surface area contributed by atoms with Gasteiger partial charge in [-0.1, -0.05) is 0 Å². The zero-order chi connectivity index (χ0) is 13.5. The quantitative estimate of drug-likeness (QED) is 0.891. The molecular weight excluding hydrogens is 245 g/mol. The first-order valence-corrected chi connectivity index (χ1v) is 5.99. The van der Waals surface area contributed by atoms with Crippen LogP contribution in [0.2, 0.25) is 0 Å². The van der Waals surface area contributed by atoms with Crippen molar-refractivity contribution in [1.82, 2.24) is 4.90 Å². The van der Waals surface area contributed by atoms with Crippen molar-refractivity contribution in [2.24, 2.45) is 5.73 Å². The maximum atomic E-state index is 12.5. The van der Waals surface area contributed by atoms with Gasteiger partial charge in [0.05, 0.1) is 6.04 Å². The van der Waals surface area contributed by atoms with E-state index in [0.717, 1.165) is 19.0 Å². The van der Waals surface area contributed by atoms with Gasteiger partial charge in [0.2, 0.25) is 5.76 Å². The Kier molecular flexibility index (Phi) is 3.42. The third-order valence-corrected chi connectivity index (χ3v) is 3.34. The molecule has 2 rings (SSSR count). The van der Waals surface area contributed by atoms with Gasteiger partial charge in [0.15, 0.2) is 0 Å². The van der Waals surface area contributed by atoms with Crippen LogP contribution in [-0.2, 0) is 6.18 Å². The van der Waals surface area contributed by atoms with E-state index in [1.54, 1.807) is 0 Å². The summed E-state index contributed by atoms with van der Waals surface area (Å²) in [5, 5.41) is 0. The molecule has 0 radical (unpaired) electrons. The molecule has 1 saturated heterocycles. The van der Waals surface area contributed by atoms with Crippen molar-refractivity contribution in [3.63, 3.8) is 0 Å². The molecule has 1 aliphatic rings. The molecule has 0 spiro atoms. The first-order valence-electron chi connectivity index (χ1n) is 5.99. The number of furan rings is 1. The Balaban J connectivity index is 2.27. The predicted molar refractivity (Wildman–Crippen MR) is 60.9 cm³/mol. The fraction of sp³-hybridized carbons (Fsp3) is 0.667. The molecule has 0 aliphatic carbocycles. The second kappa shape index (κ2) is 4.59. The Morgan fingerprint density at radius 3 is 2.56 bits per heavy atom. The fourth-order valence-corrected chi connectivity index (χ4v) is 2.46. The molecular formula is C12H17F3N2O. The number of alkyl halides is 3. The third-order valence-electron chi connectivity index (χ3n) is 3.34. The first-order chi connectivity index (χ1) is 8.30. The molecule has 0 bridgehead atoms. The van der Waals surface area contributed by atoms with Gasteiger partial charge in [-0.15, -0.1) is 0 Å². The average Bonchev–Trinajstić information content (AvgIpc) is 2.81. The summed E-state index contributed by atoms with van der Waals surface area (Å²) in [6.45, 7) is 4.78. The van der Waals surface area contributed by atoms with Crippen LogP contribution in [-0.4, -0.2) is 23.5 Å². The van der Waals surface area contributed by atoms with E-state index in [9.17, 15) is 13.2 Å². The highest BCUT2D eigenvalue weighted by Gasteiger charge is 2.40. The molecule has 1 aromatic rings. The maximum Gasteiger partial charge on any atom is 0.449 e. The van der Waals surface area contributed by atoms with Gasteiger partial charge < -0.3 is 10.2 Å². The number of hydrogen-bond acceptors (Lipinski definition) is 3. The minimum atomic E-state index is -4.44. The molecule has 0 aromatic carbocycles. The third kappa shape index (κ3) is 2.40. The second-order valence-corrected chi connectivity index (χ2v) is 4.93. The Labute approximate surface area is 104 Å². The van der Waals surface area contributed by atoms with Gasteiger partial charge in [0.1, 0.15) is 5.76 Å². The Bertz CT molecular complexity index is 414. The number of halogens is 3. The van der Waals surface area contributed by atoms with Crippen LogP contribution in [0.25, 0.3) is 0 Å². The Hall–Kier alpha value is -1.01. The summed E-state index contributed by atoms with van der Waals surface area (Å²) < 4.78 is 42.4. The summed E-state index contributed by atoms with van der Waals surface area (Å²) in [5.74, 6) is -0.652. The van der Waals surface area contributed by atoms with Crippen molar-refractivity contribution >= 4 is 0 Å². The van der Waals surface area contributed by atoms with Crippen molar-refractivity contribution < 1.29 is 17.6 Å². The standard InChI is InChI=1S/C12H17F3N2O/c1-7(2)17-6-5-8(16)11(17)9-3-4-10(18-9)12(13,14)15/h3-4,7-8,11H,5-6,16H2,1-2H3/t8-,11-/m1/s1. The summed E-state index contributed by atoms with van der Waals surface area (Å²) in [7, 11) is 0. The molecule has 6 heteroatoms. The van der Waals surface area contributed by atoms with Crippen molar-refractivity contribution in [2.75, 3.05) is 6.54 Å². The van der Waals surface area contributed by atoms with E-state index < -0.39 is 11.9 Å². The first kappa shape index (κ1) is 13.4. The van der Waals surface area contributed by atoms with Crippen LogP contribution in [0.15, 0.2) is 16.5 Å². The molecule has 0 saturated carbocycles. The predicted octanol–water partition coefficient (Wildman–Crippen LogP) is 2.78. The SMILES string of the molecule is CC(C)N1CC[C@@H](N)[C@@H]1c1ccc(C(F)(F)F)o1. The van der Waals surface area contributed by atoms with Gasteiger partial charge in [-0.2, -0.15) is 13.2 Å². The minimum absolute atomic E-state index is 0.181. The number of nitrogens with two attached hydrogens (primary N) is 1. The number of likely N-dealkylation sites (tertiary alicyclic amines) is 1. The highest BCUT2D eigenvalue weighted by Crippen LogP contribution is 2.37. The van der Waals surface area contributed by atoms with E-state index in [1.807, 2.05) is 13.8 Å². The highest BCUT2D eigenvalue weighted by molar-refractivity contribution is 5.16. The zero-order valence-electron chi connectivity index (χ0n) is 10.4. The van der Waals surface area contributed by atoms with Crippen LogP contribution in [0.1, 0.15) is 37.8 Å². The summed E-state index contributed by atoms with van der Waals surface area (Å²) >= 11 is 0. The number of nitrogens with zero attached hydrogens (tertiary/aromatic N) is 1. The molecule has 102 valence electrons. The fourth-order valence-electron chi connectivity index (χ4n) is 2.46. The second-order valence-electron chi connectivity index (χ2n) is 4.93. The van der Waals surface area contributed by atoms with Gasteiger partial charge in [-0.25, -0.2) is 0 Å². The van der Waals surface area contributed by atoms with E-state index in [-0.39, 0.29) is 18.1 Å². The van der Waals surface area contributed by atoms with Gasteiger partial charge >= 0.3 is 6.18 Å². The Morgan fingerprint density at radius 1 is 1.39 bits per heavy atom. The van der Waals surface area contributed by atoms with Crippen LogP contribution in [0.5, 0.6) is 0 Å². The van der Waals surface area contributed by atoms with Gasteiger partial charge in [-0.3, -0.25) is 4.90 Å². The Morgan fingerprint density at radius 2 is 2.06 bits per heavy atom. The van der Waals surface area contributed by atoms with Crippen LogP contribution in [0.3, 0.4) is 0 Å². The van der Waals surface area contributed by atoms with Crippen molar-refractivity contribution in [1.29, 1.82) is 0 Å². The molecule has 3 nitrogen and oxygen atoms in total. The molecule has 0 amide bonds. The molecule has 2 heterocycles. The molecule has 2 atom stereocenters. The summed E-state index contributed by atoms with van der Waals surface area (Å²) in [4.78, 5) is 2.07. The minimum Gasteiger partial charge on any atom is -0.455 e. The van der Waals surface area contributed by atoms with E-state index >= 15 is 0 Å². The summed E-state index contributed by atoms with van der Waals surface area (Å²) in [6.07, 6.45) is -3.67. The van der Waals surface area contributed by atoms with E-state index in [2.05, 4.69) is 4.90 Å². The lowest BCUT2D eigenvalue weighted by Gasteiger charge is -2.28. The van der Waals surface area contributed by atoms with Crippen molar-refractivity contribution in [3.05, 3.63) is 23.7 Å². The zero-order valence-corrected chi connectivity index (χ0v) is 10.4. The van der Waals surface area contributed by atoms with E-state index in [1.165, 1.54) is 6.07 Å². The van der Waals surface area contributed by atoms with Gasteiger partial charge in [0, 0.05) is 18.6 Å². The lowest BCUT2D eigenvalue weighted by atomic mass is 10.1. The van der Waals surface area contributed by atoms with Crippen LogP contribution >= 0.6 is 0 Å². The summed E-state index contributed by atoms with van der Waals surface area (Å²) in [5.41, 5.74) is 5.97. The van der Waals surface area contributed by atoms with Gasteiger partial charge in [0.25, 0.3) is 0 Å². The maximum absolute atomic E-state index is 12.5. The molecule has 1 aromatic heterocycles. The lowest BCUT2D eigenvalue weighted by Crippen LogP contribution is -2.35. The molecule has 1 aliphatic heterocycles. The normalized spacial score (nSPS) is 26.2. The smallest absolute Gasteiger partial charge is 0.449 e. The highest BCUT2D eigenvalue weighted by atomic mass is 19.4. The van der Waals surface area contributed by atoms with Gasteiger partial charge in [-0.05, 0) is 32.4 Å². The van der Waals surface area contributed by atoms with Crippen molar-refractivity contribution in [2.45, 2.75) is 44.6 Å². The topological polar surface area (TPSA) is 42.4 Å². The molecule has 18 heavy (non-hydrogen) atoms. The largest absolute Gasteiger partial charge is 0.455 e.